The molecule has 0 aliphatic heterocycles. The van der Waals surface area contributed by atoms with Crippen molar-refractivity contribution in [3.8, 4) is 0 Å². The van der Waals surface area contributed by atoms with E-state index < -0.39 is 23.2 Å². The second kappa shape index (κ2) is 7.06. The minimum Gasteiger partial charge on any atom is -0.349 e. The Hall–Kier alpha value is -1.98. The van der Waals surface area contributed by atoms with Crippen molar-refractivity contribution < 1.29 is 18.4 Å². The molecule has 2 amide bonds. The zero-order valence-electron chi connectivity index (χ0n) is 14.2. The lowest BCUT2D eigenvalue weighted by molar-refractivity contribution is -0.131. The van der Waals surface area contributed by atoms with Gasteiger partial charge in [0.1, 0.15) is 0 Å². The lowest BCUT2D eigenvalue weighted by Crippen LogP contribution is -2.40. The van der Waals surface area contributed by atoms with Crippen molar-refractivity contribution in [2.45, 2.75) is 58.5 Å². The van der Waals surface area contributed by atoms with Crippen LogP contribution in [0, 0.1) is 0 Å². The fraction of sp³-hybridized carbons (Fsp3) is 0.529. The smallest absolute Gasteiger partial charge is 0.257 e. The monoisotopic (exact) mass is 326 g/mol. The zero-order chi connectivity index (χ0) is 17.8. The number of carbonyl (C=O) groups excluding carboxylic acids is 2. The van der Waals surface area contributed by atoms with E-state index in [1.165, 1.54) is 27.7 Å². The Morgan fingerprint density at radius 3 is 1.91 bits per heavy atom. The largest absolute Gasteiger partial charge is 0.349 e. The van der Waals surface area contributed by atoms with Crippen molar-refractivity contribution in [3.63, 3.8) is 0 Å². The zero-order valence-corrected chi connectivity index (χ0v) is 14.2. The molecule has 0 saturated carbocycles. The summed E-state index contributed by atoms with van der Waals surface area (Å²) < 4.78 is 26.9. The first-order valence-corrected chi connectivity index (χ1v) is 7.47. The molecule has 0 aliphatic carbocycles. The van der Waals surface area contributed by atoms with Crippen LogP contribution in [0.4, 0.5) is 8.78 Å². The van der Waals surface area contributed by atoms with Gasteiger partial charge in [-0.3, -0.25) is 9.59 Å². The van der Waals surface area contributed by atoms with Crippen LogP contribution in [0.3, 0.4) is 0 Å². The number of amides is 2. The van der Waals surface area contributed by atoms with Gasteiger partial charge in [0.2, 0.25) is 0 Å². The highest BCUT2D eigenvalue weighted by atomic mass is 19.1. The van der Waals surface area contributed by atoms with Crippen molar-refractivity contribution in [1.29, 1.82) is 0 Å². The third-order valence-electron chi connectivity index (χ3n) is 3.36. The molecule has 128 valence electrons. The van der Waals surface area contributed by atoms with Crippen molar-refractivity contribution >= 4 is 11.8 Å². The summed E-state index contributed by atoms with van der Waals surface area (Å²) in [6, 6.07) is 6.75. The number of benzene rings is 1. The lowest BCUT2D eigenvalue weighted by atomic mass is 10.0. The van der Waals surface area contributed by atoms with Crippen LogP contribution in [0.2, 0.25) is 0 Å². The van der Waals surface area contributed by atoms with Crippen molar-refractivity contribution in [1.82, 2.24) is 10.6 Å². The molecule has 0 aromatic heterocycles. The van der Waals surface area contributed by atoms with Crippen LogP contribution >= 0.6 is 0 Å². The van der Waals surface area contributed by atoms with Gasteiger partial charge in [-0.25, -0.2) is 8.78 Å². The fourth-order valence-corrected chi connectivity index (χ4v) is 1.77. The Morgan fingerprint density at radius 1 is 1.00 bits per heavy atom. The Labute approximate surface area is 135 Å². The minimum atomic E-state index is -1.93. The molecule has 4 nitrogen and oxygen atoms in total. The summed E-state index contributed by atoms with van der Waals surface area (Å²) in [5, 5.41) is 5.10. The molecule has 0 radical (unpaired) electrons. The Morgan fingerprint density at radius 2 is 1.48 bits per heavy atom. The number of nitrogens with one attached hydrogen (secondary N) is 2. The van der Waals surface area contributed by atoms with E-state index in [4.69, 9.17) is 0 Å². The molecule has 0 aliphatic rings. The number of hydrogen-bond donors (Lipinski definition) is 2. The Kier molecular flexibility index (Phi) is 5.86. The first kappa shape index (κ1) is 19.1. The summed E-state index contributed by atoms with van der Waals surface area (Å²) in [5.41, 5.74) is -2.24. The number of halogens is 2. The third kappa shape index (κ3) is 5.96. The summed E-state index contributed by atoms with van der Waals surface area (Å²) >= 11 is 0. The van der Waals surface area contributed by atoms with Crippen molar-refractivity contribution in [2.24, 2.45) is 0 Å². The molecule has 1 aromatic rings. The standard InChI is InChI=1S/C17H24F2N2O2/c1-11(21-15(23)17(4,5)19)13-8-6-12(7-9-13)10-20-14(22)16(2,3)18/h6-9,11H,10H2,1-5H3,(H,20,22)(H,21,23)/t11-/m1/s1. The van der Waals surface area contributed by atoms with Gasteiger partial charge in [-0.05, 0) is 45.7 Å². The lowest BCUT2D eigenvalue weighted by Gasteiger charge is -2.20. The Bertz CT molecular complexity index is 557. The van der Waals surface area contributed by atoms with E-state index in [0.717, 1.165) is 11.1 Å². The van der Waals surface area contributed by atoms with Crippen LogP contribution in [-0.4, -0.2) is 23.2 Å². The second-order valence-corrected chi connectivity index (χ2v) is 6.56. The van der Waals surface area contributed by atoms with Gasteiger partial charge in [0.25, 0.3) is 11.8 Å². The molecule has 0 fully saturated rings. The topological polar surface area (TPSA) is 58.2 Å². The van der Waals surface area contributed by atoms with Gasteiger partial charge in [0.15, 0.2) is 11.3 Å². The summed E-state index contributed by atoms with van der Waals surface area (Å²) in [4.78, 5) is 23.1. The summed E-state index contributed by atoms with van der Waals surface area (Å²) in [6.07, 6.45) is 0. The van der Waals surface area contributed by atoms with E-state index >= 15 is 0 Å². The summed E-state index contributed by atoms with van der Waals surface area (Å²) in [7, 11) is 0. The van der Waals surface area contributed by atoms with Gasteiger partial charge >= 0.3 is 0 Å². The molecule has 1 aromatic carbocycles. The van der Waals surface area contributed by atoms with E-state index in [2.05, 4.69) is 10.6 Å². The van der Waals surface area contributed by atoms with Crippen molar-refractivity contribution in [3.05, 3.63) is 35.4 Å². The minimum absolute atomic E-state index is 0.213. The molecular formula is C17H24F2N2O2. The number of carbonyl (C=O) groups is 2. The normalized spacial score (nSPS) is 13.3. The SMILES string of the molecule is C[C@@H](NC(=O)C(C)(C)F)c1ccc(CNC(=O)C(C)(C)F)cc1. The van der Waals surface area contributed by atoms with Gasteiger partial charge in [0, 0.05) is 6.54 Å². The molecule has 0 bridgehead atoms. The van der Waals surface area contributed by atoms with E-state index in [1.54, 1.807) is 31.2 Å². The highest BCUT2D eigenvalue weighted by Gasteiger charge is 2.28. The van der Waals surface area contributed by atoms with Crippen LogP contribution in [0.15, 0.2) is 24.3 Å². The molecule has 0 saturated heterocycles. The molecule has 1 rings (SSSR count). The van der Waals surface area contributed by atoms with E-state index in [0.29, 0.717) is 0 Å². The van der Waals surface area contributed by atoms with Crippen LogP contribution in [0.1, 0.15) is 51.8 Å². The molecule has 1 atom stereocenters. The quantitative estimate of drug-likeness (QED) is 0.844. The van der Waals surface area contributed by atoms with Crippen LogP contribution in [0.5, 0.6) is 0 Å². The molecule has 0 unspecified atom stereocenters. The van der Waals surface area contributed by atoms with Gasteiger partial charge < -0.3 is 10.6 Å². The predicted octanol–water partition coefficient (Wildman–Crippen LogP) is 2.98. The average Bonchev–Trinajstić information content (AvgIpc) is 2.43. The molecule has 23 heavy (non-hydrogen) atoms. The average molecular weight is 326 g/mol. The number of rotatable bonds is 6. The first-order chi connectivity index (χ1) is 10.4. The number of hydrogen-bond acceptors (Lipinski definition) is 2. The van der Waals surface area contributed by atoms with E-state index in [1.807, 2.05) is 0 Å². The Balaban J connectivity index is 2.63. The van der Waals surface area contributed by atoms with Crippen molar-refractivity contribution in [2.75, 3.05) is 0 Å². The summed E-state index contributed by atoms with van der Waals surface area (Å²) in [5.74, 6) is -1.35. The predicted molar refractivity (Wildman–Crippen MR) is 85.2 cm³/mol. The molecule has 2 N–H and O–H groups in total. The molecule has 0 spiro atoms. The third-order valence-corrected chi connectivity index (χ3v) is 3.36. The maximum atomic E-state index is 13.5. The van der Waals surface area contributed by atoms with Gasteiger partial charge in [-0.1, -0.05) is 24.3 Å². The van der Waals surface area contributed by atoms with Gasteiger partial charge in [-0.2, -0.15) is 0 Å². The first-order valence-electron chi connectivity index (χ1n) is 7.47. The fourth-order valence-electron chi connectivity index (χ4n) is 1.77. The van der Waals surface area contributed by atoms with Crippen LogP contribution in [-0.2, 0) is 16.1 Å². The van der Waals surface area contributed by atoms with Crippen LogP contribution in [0.25, 0.3) is 0 Å². The van der Waals surface area contributed by atoms with Gasteiger partial charge in [-0.15, -0.1) is 0 Å². The number of alkyl halides is 2. The highest BCUT2D eigenvalue weighted by Crippen LogP contribution is 2.16. The maximum absolute atomic E-state index is 13.5. The maximum Gasteiger partial charge on any atom is 0.257 e. The van der Waals surface area contributed by atoms with Gasteiger partial charge in [0.05, 0.1) is 6.04 Å². The molecule has 6 heteroatoms. The van der Waals surface area contributed by atoms with E-state index in [9.17, 15) is 18.4 Å². The van der Waals surface area contributed by atoms with E-state index in [-0.39, 0.29) is 12.6 Å². The molecule has 0 heterocycles. The second-order valence-electron chi connectivity index (χ2n) is 6.56. The molecular weight excluding hydrogens is 302 g/mol. The highest BCUT2D eigenvalue weighted by molar-refractivity contribution is 5.84. The summed E-state index contributed by atoms with van der Waals surface area (Å²) in [6.45, 7) is 6.77. The van der Waals surface area contributed by atoms with Crippen LogP contribution < -0.4 is 10.6 Å².